The van der Waals surface area contributed by atoms with Crippen LogP contribution < -0.4 is 10.2 Å². The van der Waals surface area contributed by atoms with E-state index in [0.717, 1.165) is 70.8 Å². The predicted octanol–water partition coefficient (Wildman–Crippen LogP) is 4.85. The van der Waals surface area contributed by atoms with Crippen molar-refractivity contribution in [3.63, 3.8) is 0 Å². The van der Waals surface area contributed by atoms with Gasteiger partial charge in [-0.25, -0.2) is 9.78 Å². The van der Waals surface area contributed by atoms with Crippen LogP contribution in [-0.2, 0) is 28.8 Å². The zero-order chi connectivity index (χ0) is 26.4. The van der Waals surface area contributed by atoms with E-state index in [1.54, 1.807) is 0 Å². The molecule has 1 atom stereocenters. The molecule has 9 heteroatoms. The Morgan fingerprint density at radius 3 is 2.61 bits per heavy atom. The number of fused-ring (bicyclic) bond motifs is 6. The first kappa shape index (κ1) is 23.8. The summed E-state index contributed by atoms with van der Waals surface area (Å²) >= 11 is 0. The van der Waals surface area contributed by atoms with E-state index in [4.69, 9.17) is 19.0 Å². The third kappa shape index (κ3) is 3.52. The Bertz CT molecular complexity index is 1460. The van der Waals surface area contributed by atoms with Gasteiger partial charge in [0.25, 0.3) is 0 Å². The van der Waals surface area contributed by atoms with E-state index in [-0.39, 0.29) is 17.2 Å². The molecule has 196 valence electrons. The molecule has 4 aliphatic rings. The highest BCUT2D eigenvalue weighted by Crippen LogP contribution is 2.45. The van der Waals surface area contributed by atoms with Crippen molar-refractivity contribution in [2.45, 2.75) is 77.2 Å². The molecule has 0 saturated carbocycles. The number of rotatable bonds is 2. The molecule has 38 heavy (non-hydrogen) atoms. The van der Waals surface area contributed by atoms with Crippen molar-refractivity contribution in [3.05, 3.63) is 53.0 Å². The van der Waals surface area contributed by atoms with Gasteiger partial charge in [-0.05, 0) is 87.7 Å². The Hall–Kier alpha value is -3.30. The molecule has 2 aromatic carbocycles. The number of aromatic amines is 1. The number of nitrogens with one attached hydrogen (secondary N) is 1. The van der Waals surface area contributed by atoms with E-state index in [0.29, 0.717) is 13.2 Å². The van der Waals surface area contributed by atoms with Gasteiger partial charge < -0.3 is 24.1 Å². The fourth-order valence-electron chi connectivity index (χ4n) is 6.19. The summed E-state index contributed by atoms with van der Waals surface area (Å²) < 4.78 is 18.8. The molecular formula is C29H32BN3O5. The number of hydrogen-bond acceptors (Lipinski definition) is 5. The molecule has 0 spiro atoms. The molecule has 2 fully saturated rings. The van der Waals surface area contributed by atoms with Gasteiger partial charge in [0.15, 0.2) is 0 Å². The number of benzene rings is 2. The lowest BCUT2D eigenvalue weighted by Crippen LogP contribution is -2.41. The van der Waals surface area contributed by atoms with Gasteiger partial charge in [0.1, 0.15) is 18.2 Å². The number of hydrogen-bond donors (Lipinski definition) is 2. The van der Waals surface area contributed by atoms with Gasteiger partial charge in [0, 0.05) is 23.4 Å². The number of ether oxygens (including phenoxy) is 1. The zero-order valence-electron chi connectivity index (χ0n) is 22.3. The first-order chi connectivity index (χ1) is 18.1. The summed E-state index contributed by atoms with van der Waals surface area (Å²) in [5.74, 6) is 1.60. The number of H-pyrrole nitrogens is 1. The average Bonchev–Trinajstić information content (AvgIpc) is 3.58. The maximum Gasteiger partial charge on any atom is 0.494 e. The van der Waals surface area contributed by atoms with Gasteiger partial charge >= 0.3 is 13.2 Å². The number of likely N-dealkylation sites (tertiary alicyclic amines) is 1. The molecule has 7 rings (SSSR count). The van der Waals surface area contributed by atoms with Gasteiger partial charge in [-0.1, -0.05) is 18.2 Å². The van der Waals surface area contributed by atoms with Crippen LogP contribution in [0.25, 0.3) is 22.4 Å². The minimum Gasteiger partial charge on any atom is -0.488 e. The topological polar surface area (TPSA) is 96.9 Å². The fourth-order valence-corrected chi connectivity index (χ4v) is 6.19. The Kier molecular flexibility index (Phi) is 5.07. The van der Waals surface area contributed by atoms with Crippen LogP contribution in [0.2, 0.25) is 0 Å². The minimum absolute atomic E-state index is 0.208. The number of carboxylic acid groups (broad SMARTS) is 1. The maximum atomic E-state index is 11.7. The van der Waals surface area contributed by atoms with Crippen LogP contribution in [0.5, 0.6) is 5.75 Å². The maximum absolute atomic E-state index is 11.7. The molecule has 2 N–H and O–H groups in total. The number of aryl methyl sites for hydroxylation is 2. The number of carbonyl (C=O) groups is 1. The smallest absolute Gasteiger partial charge is 0.488 e. The highest BCUT2D eigenvalue weighted by molar-refractivity contribution is 6.62. The molecule has 1 aromatic heterocycles. The predicted molar refractivity (Wildman–Crippen MR) is 144 cm³/mol. The van der Waals surface area contributed by atoms with Crippen LogP contribution in [0.1, 0.15) is 69.2 Å². The molecular weight excluding hydrogens is 481 g/mol. The largest absolute Gasteiger partial charge is 0.494 e. The monoisotopic (exact) mass is 513 g/mol. The summed E-state index contributed by atoms with van der Waals surface area (Å²) in [5.41, 5.74) is 7.94. The van der Waals surface area contributed by atoms with Crippen molar-refractivity contribution in [3.8, 4) is 28.1 Å². The van der Waals surface area contributed by atoms with Crippen molar-refractivity contribution < 1.29 is 23.9 Å². The SMILES string of the molecule is CC1(C)OB(c2ccc3c(c2)COc2cc4c(cc2-3)CCc2[nH]c([C@@H]3CCCN3C(=O)O)nc2-4)OC1(C)C. The first-order valence-electron chi connectivity index (χ1n) is 13.5. The summed E-state index contributed by atoms with van der Waals surface area (Å²) in [4.78, 5) is 21.6. The zero-order valence-corrected chi connectivity index (χ0v) is 22.3. The second-order valence-corrected chi connectivity index (χ2v) is 11.9. The fraction of sp³-hybridized carbons (Fsp3) is 0.448. The van der Waals surface area contributed by atoms with Crippen LogP contribution in [0, 0.1) is 0 Å². The second kappa shape index (κ2) is 8.10. The van der Waals surface area contributed by atoms with E-state index in [1.807, 2.05) is 0 Å². The highest BCUT2D eigenvalue weighted by atomic mass is 16.7. The van der Waals surface area contributed by atoms with Gasteiger partial charge in [-0.3, -0.25) is 4.90 Å². The molecule has 0 unspecified atom stereocenters. The number of nitrogens with zero attached hydrogens (tertiary/aromatic N) is 2. The van der Waals surface area contributed by atoms with Crippen LogP contribution in [-0.4, -0.2) is 50.9 Å². The van der Waals surface area contributed by atoms with E-state index >= 15 is 0 Å². The van der Waals surface area contributed by atoms with Crippen molar-refractivity contribution in [1.82, 2.24) is 14.9 Å². The third-order valence-electron chi connectivity index (χ3n) is 9.04. The second-order valence-electron chi connectivity index (χ2n) is 11.9. The van der Waals surface area contributed by atoms with Crippen LogP contribution in [0.4, 0.5) is 4.79 Å². The molecule has 0 radical (unpaired) electrons. The van der Waals surface area contributed by atoms with Crippen molar-refractivity contribution in [2.75, 3.05) is 6.54 Å². The Balaban J connectivity index is 1.22. The summed E-state index contributed by atoms with van der Waals surface area (Å²) in [7, 11) is -0.403. The van der Waals surface area contributed by atoms with Crippen molar-refractivity contribution >= 4 is 18.7 Å². The Morgan fingerprint density at radius 1 is 1.05 bits per heavy atom. The lowest BCUT2D eigenvalue weighted by atomic mass is 9.76. The molecule has 8 nitrogen and oxygen atoms in total. The molecule has 4 heterocycles. The minimum atomic E-state index is -0.884. The van der Waals surface area contributed by atoms with E-state index in [9.17, 15) is 9.90 Å². The van der Waals surface area contributed by atoms with Gasteiger partial charge in [0.05, 0.1) is 22.9 Å². The number of imidazole rings is 1. The first-order valence-corrected chi connectivity index (χ1v) is 13.5. The normalized spacial score (nSPS) is 22.4. The van der Waals surface area contributed by atoms with E-state index in [1.165, 1.54) is 16.0 Å². The van der Waals surface area contributed by atoms with Gasteiger partial charge in [-0.2, -0.15) is 0 Å². The molecule has 2 saturated heterocycles. The number of amides is 1. The van der Waals surface area contributed by atoms with Crippen LogP contribution in [0.15, 0.2) is 30.3 Å². The van der Waals surface area contributed by atoms with Crippen LogP contribution in [0.3, 0.4) is 0 Å². The van der Waals surface area contributed by atoms with E-state index in [2.05, 4.69) is 63.0 Å². The Morgan fingerprint density at radius 2 is 1.84 bits per heavy atom. The van der Waals surface area contributed by atoms with Gasteiger partial charge in [0.2, 0.25) is 0 Å². The quantitative estimate of drug-likeness (QED) is 0.476. The molecule has 0 bridgehead atoms. The van der Waals surface area contributed by atoms with Gasteiger partial charge in [-0.15, -0.1) is 0 Å². The summed E-state index contributed by atoms with van der Waals surface area (Å²) in [5, 5.41) is 9.60. The summed E-state index contributed by atoms with van der Waals surface area (Å²) in [6.45, 7) is 9.30. The van der Waals surface area contributed by atoms with E-state index < -0.39 is 13.2 Å². The summed E-state index contributed by atoms with van der Waals surface area (Å²) in [6.07, 6.45) is 2.51. The van der Waals surface area contributed by atoms with Crippen molar-refractivity contribution in [1.29, 1.82) is 0 Å². The molecule has 1 amide bonds. The molecule has 3 aromatic rings. The average molecular weight is 513 g/mol. The molecule has 1 aliphatic carbocycles. The third-order valence-corrected chi connectivity index (χ3v) is 9.04. The standard InChI is InChI=1S/C29H32BN3O5/c1-28(2)29(3,4)38-30(37-28)18-8-9-19-17(12-18)15-36-24-14-20-16(13-21(19)24)7-10-22-25(20)32-26(31-22)23-6-5-11-33(23)27(34)35/h8-9,12-14,23H,5-7,10-11,15H2,1-4H3,(H,31,32)(H,34,35)/t23-/m0/s1. The highest BCUT2D eigenvalue weighted by Gasteiger charge is 2.51. The lowest BCUT2D eigenvalue weighted by Gasteiger charge is -2.32. The van der Waals surface area contributed by atoms with Crippen molar-refractivity contribution in [2.24, 2.45) is 0 Å². The number of aromatic nitrogens is 2. The summed E-state index contributed by atoms with van der Waals surface area (Å²) in [6, 6.07) is 10.6. The lowest BCUT2D eigenvalue weighted by molar-refractivity contribution is 0.00578. The Labute approximate surface area is 222 Å². The van der Waals surface area contributed by atoms with Crippen LogP contribution >= 0.6 is 0 Å². The molecule has 3 aliphatic heterocycles.